The molecule has 0 fully saturated rings. The fourth-order valence-electron chi connectivity index (χ4n) is 1.59. The topological polar surface area (TPSA) is 75.1 Å². The zero-order valence-corrected chi connectivity index (χ0v) is 9.71. The summed E-state index contributed by atoms with van der Waals surface area (Å²) >= 11 is 0. The lowest BCUT2D eigenvalue weighted by Crippen LogP contribution is -2.07. The Hall–Kier alpha value is -2.43. The first-order valence-electron chi connectivity index (χ1n) is 5.58. The SMILES string of the molecule is O=C(O)c1cccc(CCNc2cnccn2)c1. The molecule has 2 rings (SSSR count). The number of nitrogens with one attached hydrogen (secondary N) is 1. The van der Waals surface area contributed by atoms with Gasteiger partial charge in [-0.25, -0.2) is 9.78 Å². The van der Waals surface area contributed by atoms with Gasteiger partial charge in [0, 0.05) is 18.9 Å². The summed E-state index contributed by atoms with van der Waals surface area (Å²) in [4.78, 5) is 18.8. The van der Waals surface area contributed by atoms with Crippen molar-refractivity contribution in [2.24, 2.45) is 0 Å². The number of rotatable bonds is 5. The van der Waals surface area contributed by atoms with E-state index in [9.17, 15) is 4.79 Å². The summed E-state index contributed by atoms with van der Waals surface area (Å²) in [6.45, 7) is 0.682. The second kappa shape index (κ2) is 5.77. The molecule has 2 aromatic rings. The highest BCUT2D eigenvalue weighted by Crippen LogP contribution is 2.06. The van der Waals surface area contributed by atoms with Crippen LogP contribution in [0.4, 0.5) is 5.82 Å². The Morgan fingerprint density at radius 3 is 2.94 bits per heavy atom. The molecule has 1 aromatic carbocycles. The Morgan fingerprint density at radius 1 is 1.33 bits per heavy atom. The van der Waals surface area contributed by atoms with E-state index in [0.717, 1.165) is 12.0 Å². The van der Waals surface area contributed by atoms with Crippen LogP contribution in [0.5, 0.6) is 0 Å². The Kier molecular flexibility index (Phi) is 3.86. The van der Waals surface area contributed by atoms with Gasteiger partial charge in [0.2, 0.25) is 0 Å². The van der Waals surface area contributed by atoms with E-state index in [1.807, 2.05) is 6.07 Å². The Labute approximate surface area is 105 Å². The number of carboxylic acid groups (broad SMARTS) is 1. The first-order chi connectivity index (χ1) is 8.75. The molecule has 0 radical (unpaired) electrons. The maximum atomic E-state index is 10.8. The van der Waals surface area contributed by atoms with E-state index in [4.69, 9.17) is 5.11 Å². The summed E-state index contributed by atoms with van der Waals surface area (Å²) in [7, 11) is 0. The van der Waals surface area contributed by atoms with E-state index in [2.05, 4.69) is 15.3 Å². The number of aromatic nitrogens is 2. The lowest BCUT2D eigenvalue weighted by Gasteiger charge is -2.05. The van der Waals surface area contributed by atoms with E-state index >= 15 is 0 Å². The minimum Gasteiger partial charge on any atom is -0.478 e. The number of aromatic carboxylic acids is 1. The molecule has 0 unspecified atom stereocenters. The summed E-state index contributed by atoms with van der Waals surface area (Å²) in [5.41, 5.74) is 1.29. The van der Waals surface area contributed by atoms with Gasteiger partial charge in [-0.15, -0.1) is 0 Å². The summed E-state index contributed by atoms with van der Waals surface area (Å²) in [5, 5.41) is 12.0. The fraction of sp³-hybridized carbons (Fsp3) is 0.154. The molecule has 0 amide bonds. The van der Waals surface area contributed by atoms with E-state index in [1.165, 1.54) is 0 Å². The van der Waals surface area contributed by atoms with Gasteiger partial charge >= 0.3 is 5.97 Å². The minimum atomic E-state index is -0.904. The summed E-state index contributed by atoms with van der Waals surface area (Å²) in [5.74, 6) is -0.189. The van der Waals surface area contributed by atoms with Gasteiger partial charge in [-0.05, 0) is 24.1 Å². The van der Waals surface area contributed by atoms with Gasteiger partial charge in [0.15, 0.2) is 0 Å². The smallest absolute Gasteiger partial charge is 0.335 e. The van der Waals surface area contributed by atoms with Crippen LogP contribution in [0.2, 0.25) is 0 Å². The number of hydrogen-bond acceptors (Lipinski definition) is 4. The summed E-state index contributed by atoms with van der Waals surface area (Å²) < 4.78 is 0. The van der Waals surface area contributed by atoms with Crippen molar-refractivity contribution in [1.29, 1.82) is 0 Å². The van der Waals surface area contributed by atoms with Crippen LogP contribution in [-0.4, -0.2) is 27.6 Å². The van der Waals surface area contributed by atoms with E-state index in [0.29, 0.717) is 17.9 Å². The molecule has 0 bridgehead atoms. The van der Waals surface area contributed by atoms with Gasteiger partial charge in [0.05, 0.1) is 11.8 Å². The first kappa shape index (κ1) is 12.0. The minimum absolute atomic E-state index is 0.312. The van der Waals surface area contributed by atoms with E-state index < -0.39 is 5.97 Å². The van der Waals surface area contributed by atoms with Crippen molar-refractivity contribution in [3.8, 4) is 0 Å². The van der Waals surface area contributed by atoms with Gasteiger partial charge < -0.3 is 10.4 Å². The van der Waals surface area contributed by atoms with Crippen LogP contribution in [0.25, 0.3) is 0 Å². The molecule has 5 heteroatoms. The largest absolute Gasteiger partial charge is 0.478 e. The second-order valence-electron chi connectivity index (χ2n) is 3.77. The molecular formula is C13H13N3O2. The van der Waals surface area contributed by atoms with Gasteiger partial charge in [0.25, 0.3) is 0 Å². The molecule has 1 aromatic heterocycles. The molecule has 0 aliphatic rings. The van der Waals surface area contributed by atoms with Gasteiger partial charge in [-0.3, -0.25) is 4.98 Å². The molecular weight excluding hydrogens is 230 g/mol. The maximum Gasteiger partial charge on any atom is 0.335 e. The van der Waals surface area contributed by atoms with E-state index in [-0.39, 0.29) is 0 Å². The monoisotopic (exact) mass is 243 g/mol. The van der Waals surface area contributed by atoms with Crippen molar-refractivity contribution >= 4 is 11.8 Å². The molecule has 0 aliphatic carbocycles. The zero-order chi connectivity index (χ0) is 12.8. The maximum absolute atomic E-state index is 10.8. The normalized spacial score (nSPS) is 10.0. The number of hydrogen-bond donors (Lipinski definition) is 2. The average Bonchev–Trinajstić information content (AvgIpc) is 2.40. The highest BCUT2D eigenvalue weighted by atomic mass is 16.4. The predicted molar refractivity (Wildman–Crippen MR) is 67.6 cm³/mol. The van der Waals surface area contributed by atoms with Crippen molar-refractivity contribution in [3.05, 3.63) is 54.0 Å². The molecule has 2 N–H and O–H groups in total. The van der Waals surface area contributed by atoms with Crippen LogP contribution in [-0.2, 0) is 6.42 Å². The quantitative estimate of drug-likeness (QED) is 0.838. The third kappa shape index (κ3) is 3.28. The van der Waals surface area contributed by atoms with Crippen molar-refractivity contribution in [2.75, 3.05) is 11.9 Å². The number of carbonyl (C=O) groups is 1. The van der Waals surface area contributed by atoms with Crippen molar-refractivity contribution in [1.82, 2.24) is 9.97 Å². The highest BCUT2D eigenvalue weighted by Gasteiger charge is 2.02. The summed E-state index contributed by atoms with van der Waals surface area (Å²) in [6.07, 6.45) is 5.61. The fourth-order valence-corrected chi connectivity index (χ4v) is 1.59. The van der Waals surface area contributed by atoms with Crippen molar-refractivity contribution in [2.45, 2.75) is 6.42 Å². The highest BCUT2D eigenvalue weighted by molar-refractivity contribution is 5.87. The third-order valence-corrected chi connectivity index (χ3v) is 2.46. The zero-order valence-electron chi connectivity index (χ0n) is 9.71. The molecule has 0 saturated heterocycles. The molecule has 5 nitrogen and oxygen atoms in total. The lowest BCUT2D eigenvalue weighted by atomic mass is 10.1. The van der Waals surface area contributed by atoms with Crippen molar-refractivity contribution in [3.63, 3.8) is 0 Å². The number of anilines is 1. The van der Waals surface area contributed by atoms with Crippen LogP contribution in [0, 0.1) is 0 Å². The van der Waals surface area contributed by atoms with Gasteiger partial charge in [-0.1, -0.05) is 12.1 Å². The van der Waals surface area contributed by atoms with Crippen LogP contribution < -0.4 is 5.32 Å². The Bertz CT molecular complexity index is 529. The summed E-state index contributed by atoms with van der Waals surface area (Å²) in [6, 6.07) is 6.93. The third-order valence-electron chi connectivity index (χ3n) is 2.46. The van der Waals surface area contributed by atoms with Gasteiger partial charge in [0.1, 0.15) is 5.82 Å². The van der Waals surface area contributed by atoms with Crippen LogP contribution in [0.3, 0.4) is 0 Å². The predicted octanol–water partition coefficient (Wildman–Crippen LogP) is 1.83. The van der Waals surface area contributed by atoms with Crippen molar-refractivity contribution < 1.29 is 9.90 Å². The molecule has 0 atom stereocenters. The average molecular weight is 243 g/mol. The van der Waals surface area contributed by atoms with Gasteiger partial charge in [-0.2, -0.15) is 0 Å². The Balaban J connectivity index is 1.90. The standard InChI is InChI=1S/C13H13N3O2/c17-13(18)11-3-1-2-10(8-11)4-5-15-12-9-14-6-7-16-12/h1-3,6-9H,4-5H2,(H,15,16)(H,17,18). The van der Waals surface area contributed by atoms with Crippen LogP contribution in [0.1, 0.15) is 15.9 Å². The van der Waals surface area contributed by atoms with Crippen LogP contribution >= 0.6 is 0 Å². The number of benzene rings is 1. The molecule has 0 saturated carbocycles. The lowest BCUT2D eigenvalue weighted by molar-refractivity contribution is 0.0697. The first-order valence-corrected chi connectivity index (χ1v) is 5.58. The molecule has 1 heterocycles. The number of carboxylic acids is 1. The Morgan fingerprint density at radius 2 is 2.22 bits per heavy atom. The second-order valence-corrected chi connectivity index (χ2v) is 3.77. The van der Waals surface area contributed by atoms with E-state index in [1.54, 1.807) is 36.8 Å². The molecule has 18 heavy (non-hydrogen) atoms. The van der Waals surface area contributed by atoms with Crippen LogP contribution in [0.15, 0.2) is 42.9 Å². The number of nitrogens with zero attached hydrogens (tertiary/aromatic N) is 2. The molecule has 0 spiro atoms. The molecule has 0 aliphatic heterocycles. The molecule has 92 valence electrons.